The van der Waals surface area contributed by atoms with Gasteiger partial charge in [-0.3, -0.25) is 4.90 Å². The Morgan fingerprint density at radius 1 is 1.21 bits per heavy atom. The minimum atomic E-state index is 0.236. The molecule has 2 rings (SSSR count). The van der Waals surface area contributed by atoms with Crippen molar-refractivity contribution in [3.8, 4) is 5.75 Å². The molecule has 0 unspecified atom stereocenters. The third-order valence-electron chi connectivity index (χ3n) is 3.36. The summed E-state index contributed by atoms with van der Waals surface area (Å²) in [5.74, 6) is 1.04. The van der Waals surface area contributed by atoms with Crippen molar-refractivity contribution in [1.29, 1.82) is 0 Å². The van der Waals surface area contributed by atoms with Gasteiger partial charge >= 0.3 is 0 Å². The number of aryl methyl sites for hydroxylation is 1. The molecule has 1 aromatic rings. The van der Waals surface area contributed by atoms with Crippen LogP contribution in [0.3, 0.4) is 0 Å². The van der Waals surface area contributed by atoms with Crippen molar-refractivity contribution in [1.82, 2.24) is 4.90 Å². The maximum Gasteiger partial charge on any atom is 0.122 e. The molecule has 0 bridgehead atoms. The first-order chi connectivity index (χ1) is 9.25. The highest BCUT2D eigenvalue weighted by Gasteiger charge is 2.10. The second kappa shape index (κ2) is 7.51. The molecule has 0 radical (unpaired) electrons. The Bertz CT molecular complexity index is 373. The Balaban J connectivity index is 1.81. The van der Waals surface area contributed by atoms with Gasteiger partial charge in [-0.1, -0.05) is 18.2 Å². The van der Waals surface area contributed by atoms with Crippen molar-refractivity contribution >= 4 is 0 Å². The van der Waals surface area contributed by atoms with Crippen molar-refractivity contribution in [2.75, 3.05) is 32.8 Å². The minimum Gasteiger partial charge on any atom is -0.491 e. The number of benzene rings is 1. The molecule has 1 fully saturated rings. The molecule has 0 atom stereocenters. The number of rotatable bonds is 6. The summed E-state index contributed by atoms with van der Waals surface area (Å²) in [7, 11) is 0. The third-order valence-corrected chi connectivity index (χ3v) is 3.36. The SMILES string of the molecule is CC(C)Oc1ccccc1CCCN1CCOCC1. The molecule has 0 spiro atoms. The molecular formula is C16H25NO2. The highest BCUT2D eigenvalue weighted by molar-refractivity contribution is 5.33. The van der Waals surface area contributed by atoms with Crippen LogP contribution >= 0.6 is 0 Å². The zero-order valence-electron chi connectivity index (χ0n) is 12.1. The Morgan fingerprint density at radius 2 is 1.95 bits per heavy atom. The quantitative estimate of drug-likeness (QED) is 0.787. The van der Waals surface area contributed by atoms with Crippen molar-refractivity contribution in [2.45, 2.75) is 32.8 Å². The van der Waals surface area contributed by atoms with Crippen molar-refractivity contribution in [3.63, 3.8) is 0 Å². The van der Waals surface area contributed by atoms with Gasteiger partial charge in [0.25, 0.3) is 0 Å². The highest BCUT2D eigenvalue weighted by atomic mass is 16.5. The van der Waals surface area contributed by atoms with Gasteiger partial charge in [0.2, 0.25) is 0 Å². The molecule has 0 amide bonds. The molecule has 0 aliphatic carbocycles. The maximum atomic E-state index is 5.85. The molecule has 1 aromatic carbocycles. The summed E-state index contributed by atoms with van der Waals surface area (Å²) in [4.78, 5) is 2.48. The first kappa shape index (κ1) is 14.4. The van der Waals surface area contributed by atoms with Crippen LogP contribution in [0.1, 0.15) is 25.8 Å². The lowest BCUT2D eigenvalue weighted by atomic mass is 10.1. The molecule has 106 valence electrons. The lowest BCUT2D eigenvalue weighted by molar-refractivity contribution is 0.0374. The molecule has 1 saturated heterocycles. The predicted molar refractivity (Wildman–Crippen MR) is 77.8 cm³/mol. The molecular weight excluding hydrogens is 238 g/mol. The zero-order chi connectivity index (χ0) is 13.5. The van der Waals surface area contributed by atoms with Gasteiger partial charge in [-0.2, -0.15) is 0 Å². The molecule has 1 aliphatic rings. The van der Waals surface area contributed by atoms with Crippen LogP contribution in [0.5, 0.6) is 5.75 Å². The van der Waals surface area contributed by atoms with E-state index in [9.17, 15) is 0 Å². The summed E-state index contributed by atoms with van der Waals surface area (Å²) < 4.78 is 11.2. The monoisotopic (exact) mass is 263 g/mol. The summed E-state index contributed by atoms with van der Waals surface area (Å²) in [5, 5.41) is 0. The predicted octanol–water partition coefficient (Wildman–Crippen LogP) is 2.74. The van der Waals surface area contributed by atoms with Gasteiger partial charge in [0.15, 0.2) is 0 Å². The molecule has 0 N–H and O–H groups in total. The number of morpholine rings is 1. The van der Waals surface area contributed by atoms with E-state index in [1.54, 1.807) is 0 Å². The van der Waals surface area contributed by atoms with Crippen LogP contribution in [0.25, 0.3) is 0 Å². The minimum absolute atomic E-state index is 0.236. The maximum absolute atomic E-state index is 5.85. The van der Waals surface area contributed by atoms with Crippen LogP contribution in [0.2, 0.25) is 0 Å². The van der Waals surface area contributed by atoms with Crippen LogP contribution in [0.4, 0.5) is 0 Å². The van der Waals surface area contributed by atoms with E-state index in [0.29, 0.717) is 0 Å². The summed E-state index contributed by atoms with van der Waals surface area (Å²) in [6, 6.07) is 8.39. The fourth-order valence-corrected chi connectivity index (χ4v) is 2.40. The summed E-state index contributed by atoms with van der Waals surface area (Å²) >= 11 is 0. The first-order valence-corrected chi connectivity index (χ1v) is 7.30. The van der Waals surface area contributed by atoms with Gasteiger partial charge in [-0.15, -0.1) is 0 Å². The van der Waals surface area contributed by atoms with E-state index in [2.05, 4.69) is 36.9 Å². The van der Waals surface area contributed by atoms with Crippen LogP contribution < -0.4 is 4.74 Å². The molecule has 3 heteroatoms. The van der Waals surface area contributed by atoms with Crippen LogP contribution in [0.15, 0.2) is 24.3 Å². The van der Waals surface area contributed by atoms with E-state index in [1.807, 2.05) is 6.07 Å². The number of ether oxygens (including phenoxy) is 2. The van der Waals surface area contributed by atoms with Gasteiger partial charge in [0.1, 0.15) is 5.75 Å². The van der Waals surface area contributed by atoms with E-state index in [0.717, 1.165) is 45.0 Å². The molecule has 0 saturated carbocycles. The summed E-state index contributed by atoms with van der Waals surface area (Å²) in [6.45, 7) is 9.21. The summed E-state index contributed by atoms with van der Waals surface area (Å²) in [5.41, 5.74) is 1.32. The smallest absolute Gasteiger partial charge is 0.122 e. The Morgan fingerprint density at radius 3 is 2.68 bits per heavy atom. The lowest BCUT2D eigenvalue weighted by Gasteiger charge is -2.26. The van der Waals surface area contributed by atoms with Gasteiger partial charge in [-0.05, 0) is 44.9 Å². The topological polar surface area (TPSA) is 21.7 Å². The highest BCUT2D eigenvalue weighted by Crippen LogP contribution is 2.21. The molecule has 0 aromatic heterocycles. The van der Waals surface area contributed by atoms with Crippen molar-refractivity contribution < 1.29 is 9.47 Å². The van der Waals surface area contributed by atoms with E-state index in [1.165, 1.54) is 12.0 Å². The average Bonchev–Trinajstić information content (AvgIpc) is 2.41. The number of para-hydroxylation sites is 1. The van der Waals surface area contributed by atoms with E-state index < -0.39 is 0 Å². The molecule has 19 heavy (non-hydrogen) atoms. The fourth-order valence-electron chi connectivity index (χ4n) is 2.40. The standard InChI is InChI=1S/C16H25NO2/c1-14(2)19-16-8-4-3-6-15(16)7-5-9-17-10-12-18-13-11-17/h3-4,6,8,14H,5,7,9-13H2,1-2H3. The Kier molecular flexibility index (Phi) is 5.67. The van der Waals surface area contributed by atoms with E-state index in [-0.39, 0.29) is 6.10 Å². The largest absolute Gasteiger partial charge is 0.491 e. The third kappa shape index (κ3) is 4.84. The van der Waals surface area contributed by atoms with Gasteiger partial charge in [-0.25, -0.2) is 0 Å². The molecule has 1 heterocycles. The van der Waals surface area contributed by atoms with Crippen molar-refractivity contribution in [3.05, 3.63) is 29.8 Å². The fraction of sp³-hybridized carbons (Fsp3) is 0.625. The number of nitrogens with zero attached hydrogens (tertiary/aromatic N) is 1. The number of hydrogen-bond donors (Lipinski definition) is 0. The normalized spacial score (nSPS) is 16.8. The van der Waals surface area contributed by atoms with Crippen LogP contribution in [-0.4, -0.2) is 43.9 Å². The molecule has 3 nitrogen and oxygen atoms in total. The van der Waals surface area contributed by atoms with E-state index in [4.69, 9.17) is 9.47 Å². The second-order valence-corrected chi connectivity index (χ2v) is 5.33. The first-order valence-electron chi connectivity index (χ1n) is 7.30. The van der Waals surface area contributed by atoms with Crippen molar-refractivity contribution in [2.24, 2.45) is 0 Å². The van der Waals surface area contributed by atoms with Gasteiger partial charge < -0.3 is 9.47 Å². The average molecular weight is 263 g/mol. The second-order valence-electron chi connectivity index (χ2n) is 5.33. The van der Waals surface area contributed by atoms with Gasteiger partial charge in [0, 0.05) is 13.1 Å². The van der Waals surface area contributed by atoms with E-state index >= 15 is 0 Å². The number of hydrogen-bond acceptors (Lipinski definition) is 3. The lowest BCUT2D eigenvalue weighted by Crippen LogP contribution is -2.36. The van der Waals surface area contributed by atoms with Crippen LogP contribution in [0, 0.1) is 0 Å². The van der Waals surface area contributed by atoms with Gasteiger partial charge in [0.05, 0.1) is 19.3 Å². The zero-order valence-corrected chi connectivity index (χ0v) is 12.1. The Labute approximate surface area is 116 Å². The molecule has 1 aliphatic heterocycles. The summed E-state index contributed by atoms with van der Waals surface area (Å²) in [6.07, 6.45) is 2.50. The van der Waals surface area contributed by atoms with Crippen LogP contribution in [-0.2, 0) is 11.2 Å². The Hall–Kier alpha value is -1.06.